The van der Waals surface area contributed by atoms with Crippen LogP contribution in [-0.4, -0.2) is 86.5 Å². The highest BCUT2D eigenvalue weighted by atomic mass is 16.5. The van der Waals surface area contributed by atoms with E-state index in [1.807, 2.05) is 19.1 Å². The fraction of sp³-hybridized carbons (Fsp3) is 0.400. The van der Waals surface area contributed by atoms with Crippen molar-refractivity contribution in [1.29, 1.82) is 0 Å². The number of aromatic nitrogens is 2. The van der Waals surface area contributed by atoms with E-state index in [4.69, 9.17) is 24.9 Å². The molecule has 2 aliphatic heterocycles. The van der Waals surface area contributed by atoms with Crippen molar-refractivity contribution < 1.29 is 19.0 Å². The lowest BCUT2D eigenvalue weighted by Crippen LogP contribution is -2.36. The standard InChI is InChI=1S/C30H35N5O4/c1-20-17-21(3-6-27(20)39-16-9-34-7-2-12-37-13-8-34)25-19-24(30(31)36)29-28(32-25)23-5-4-22(18-26(23)33-29)35-10-14-38-15-11-35/h3-6,17-19,33H,2,7-16H2,1H3,(H2,31,36). The molecule has 39 heavy (non-hydrogen) atoms. The van der Waals surface area contributed by atoms with E-state index in [9.17, 15) is 4.79 Å². The Balaban J connectivity index is 1.27. The number of carbonyl (C=O) groups is 1. The number of benzene rings is 2. The number of pyridine rings is 1. The summed E-state index contributed by atoms with van der Waals surface area (Å²) >= 11 is 0. The van der Waals surface area contributed by atoms with Crippen molar-refractivity contribution in [2.75, 3.05) is 70.7 Å². The summed E-state index contributed by atoms with van der Waals surface area (Å²) in [7, 11) is 0. The zero-order chi connectivity index (χ0) is 26.8. The Labute approximate surface area is 227 Å². The van der Waals surface area contributed by atoms with Crippen LogP contribution in [0.1, 0.15) is 22.3 Å². The third kappa shape index (κ3) is 5.43. The SMILES string of the molecule is Cc1cc(-c2cc(C(N)=O)c3[nH]c4cc(N5CCOCC5)ccc4c3n2)ccc1OCCN1CCCOCC1. The number of amides is 1. The van der Waals surface area contributed by atoms with E-state index in [2.05, 4.69) is 39.0 Å². The first-order valence-corrected chi connectivity index (χ1v) is 13.7. The van der Waals surface area contributed by atoms with Gasteiger partial charge in [0.1, 0.15) is 12.4 Å². The van der Waals surface area contributed by atoms with Gasteiger partial charge < -0.3 is 29.8 Å². The van der Waals surface area contributed by atoms with Crippen LogP contribution in [0.5, 0.6) is 5.75 Å². The van der Waals surface area contributed by atoms with Crippen LogP contribution in [-0.2, 0) is 9.47 Å². The quantitative estimate of drug-likeness (QED) is 0.376. The van der Waals surface area contributed by atoms with Crippen molar-refractivity contribution in [3.05, 3.63) is 53.6 Å². The third-order valence-electron chi connectivity index (χ3n) is 7.63. The first-order valence-electron chi connectivity index (χ1n) is 13.7. The molecular weight excluding hydrogens is 494 g/mol. The molecule has 2 saturated heterocycles. The fourth-order valence-electron chi connectivity index (χ4n) is 5.48. The smallest absolute Gasteiger partial charge is 0.250 e. The van der Waals surface area contributed by atoms with Gasteiger partial charge in [-0.3, -0.25) is 9.69 Å². The largest absolute Gasteiger partial charge is 0.492 e. The maximum absolute atomic E-state index is 12.5. The summed E-state index contributed by atoms with van der Waals surface area (Å²) in [6, 6.07) is 14.1. The summed E-state index contributed by atoms with van der Waals surface area (Å²) < 4.78 is 17.1. The number of anilines is 1. The Morgan fingerprint density at radius 1 is 1.03 bits per heavy atom. The molecule has 0 unspecified atom stereocenters. The Bertz CT molecular complexity index is 1490. The maximum atomic E-state index is 12.5. The Kier molecular flexibility index (Phi) is 7.36. The van der Waals surface area contributed by atoms with Crippen molar-refractivity contribution in [2.45, 2.75) is 13.3 Å². The molecule has 204 valence electrons. The van der Waals surface area contributed by atoms with E-state index in [1.54, 1.807) is 6.07 Å². The van der Waals surface area contributed by atoms with E-state index in [0.29, 0.717) is 23.4 Å². The molecule has 2 aromatic carbocycles. The molecular formula is C30H35N5O4. The number of nitrogens with two attached hydrogens (primary N) is 1. The summed E-state index contributed by atoms with van der Waals surface area (Å²) in [6.07, 6.45) is 1.06. The second kappa shape index (κ2) is 11.2. The number of hydrogen-bond donors (Lipinski definition) is 2. The third-order valence-corrected chi connectivity index (χ3v) is 7.63. The molecule has 0 saturated carbocycles. The monoisotopic (exact) mass is 529 g/mol. The number of fused-ring (bicyclic) bond motifs is 3. The van der Waals surface area contributed by atoms with Gasteiger partial charge in [0, 0.05) is 56.0 Å². The van der Waals surface area contributed by atoms with Gasteiger partial charge in [0.05, 0.1) is 47.6 Å². The number of morpholine rings is 1. The predicted molar refractivity (Wildman–Crippen MR) is 153 cm³/mol. The highest BCUT2D eigenvalue weighted by molar-refractivity contribution is 6.14. The molecule has 4 aromatic rings. The van der Waals surface area contributed by atoms with Gasteiger partial charge in [-0.15, -0.1) is 0 Å². The van der Waals surface area contributed by atoms with Crippen LogP contribution in [0.3, 0.4) is 0 Å². The highest BCUT2D eigenvalue weighted by Crippen LogP contribution is 2.33. The van der Waals surface area contributed by atoms with Crippen LogP contribution in [0.4, 0.5) is 5.69 Å². The number of H-pyrrole nitrogens is 1. The second-order valence-corrected chi connectivity index (χ2v) is 10.2. The molecule has 6 rings (SSSR count). The number of aromatic amines is 1. The second-order valence-electron chi connectivity index (χ2n) is 10.2. The van der Waals surface area contributed by atoms with Crippen molar-refractivity contribution in [3.63, 3.8) is 0 Å². The Morgan fingerprint density at radius 3 is 2.67 bits per heavy atom. The average molecular weight is 530 g/mol. The number of hydrogen-bond acceptors (Lipinski definition) is 7. The summed E-state index contributed by atoms with van der Waals surface area (Å²) in [5.74, 6) is 0.364. The average Bonchev–Trinajstić information content (AvgIpc) is 3.12. The van der Waals surface area contributed by atoms with Gasteiger partial charge in [-0.05, 0) is 61.4 Å². The lowest BCUT2D eigenvalue weighted by atomic mass is 10.0. The number of carbonyl (C=O) groups excluding carboxylic acids is 1. The zero-order valence-electron chi connectivity index (χ0n) is 22.4. The van der Waals surface area contributed by atoms with Crippen LogP contribution >= 0.6 is 0 Å². The van der Waals surface area contributed by atoms with Gasteiger partial charge in [-0.1, -0.05) is 0 Å². The van der Waals surface area contributed by atoms with Gasteiger partial charge in [0.2, 0.25) is 0 Å². The van der Waals surface area contributed by atoms with E-state index in [-0.39, 0.29) is 0 Å². The van der Waals surface area contributed by atoms with Gasteiger partial charge >= 0.3 is 0 Å². The summed E-state index contributed by atoms with van der Waals surface area (Å²) in [5.41, 5.74) is 12.3. The number of aryl methyl sites for hydroxylation is 1. The molecule has 0 spiro atoms. The molecule has 9 nitrogen and oxygen atoms in total. The number of ether oxygens (including phenoxy) is 3. The number of nitrogens with one attached hydrogen (secondary N) is 1. The van der Waals surface area contributed by atoms with Gasteiger partial charge in [0.15, 0.2) is 0 Å². The molecule has 0 aliphatic carbocycles. The van der Waals surface area contributed by atoms with E-state index < -0.39 is 5.91 Å². The van der Waals surface area contributed by atoms with Crippen LogP contribution in [0.2, 0.25) is 0 Å². The topological polar surface area (TPSA) is 106 Å². The lowest BCUT2D eigenvalue weighted by molar-refractivity contribution is 0.100. The molecule has 2 fully saturated rings. The Morgan fingerprint density at radius 2 is 1.85 bits per heavy atom. The molecule has 2 aromatic heterocycles. The predicted octanol–water partition coefficient (Wildman–Crippen LogP) is 3.73. The number of nitrogens with zero attached hydrogens (tertiary/aromatic N) is 3. The minimum absolute atomic E-state index is 0.429. The number of rotatable bonds is 7. The van der Waals surface area contributed by atoms with E-state index in [1.165, 1.54) is 0 Å². The molecule has 4 heterocycles. The highest BCUT2D eigenvalue weighted by Gasteiger charge is 2.19. The zero-order valence-corrected chi connectivity index (χ0v) is 22.4. The van der Waals surface area contributed by atoms with Crippen LogP contribution < -0.4 is 15.4 Å². The van der Waals surface area contributed by atoms with Crippen molar-refractivity contribution in [2.24, 2.45) is 5.73 Å². The van der Waals surface area contributed by atoms with Crippen molar-refractivity contribution in [1.82, 2.24) is 14.9 Å². The molecule has 1 amide bonds. The number of primary amides is 1. The van der Waals surface area contributed by atoms with Gasteiger partial charge in [0.25, 0.3) is 5.91 Å². The lowest BCUT2D eigenvalue weighted by Gasteiger charge is -2.28. The summed E-state index contributed by atoms with van der Waals surface area (Å²) in [6.45, 7) is 10.3. The van der Waals surface area contributed by atoms with Crippen molar-refractivity contribution >= 4 is 33.5 Å². The molecule has 0 bridgehead atoms. The molecule has 0 atom stereocenters. The minimum atomic E-state index is -0.487. The summed E-state index contributed by atoms with van der Waals surface area (Å²) in [5, 5.41) is 0.960. The van der Waals surface area contributed by atoms with Crippen LogP contribution in [0.15, 0.2) is 42.5 Å². The van der Waals surface area contributed by atoms with Crippen molar-refractivity contribution in [3.8, 4) is 17.0 Å². The van der Waals surface area contributed by atoms with Crippen LogP contribution in [0, 0.1) is 6.92 Å². The minimum Gasteiger partial charge on any atom is -0.492 e. The first kappa shape index (κ1) is 25.6. The van der Waals surface area contributed by atoms with Crippen LogP contribution in [0.25, 0.3) is 33.2 Å². The maximum Gasteiger partial charge on any atom is 0.250 e. The normalized spacial score (nSPS) is 17.0. The summed E-state index contributed by atoms with van der Waals surface area (Å²) in [4.78, 5) is 25.6. The van der Waals surface area contributed by atoms with E-state index >= 15 is 0 Å². The molecule has 0 radical (unpaired) electrons. The molecule has 2 aliphatic rings. The molecule has 3 N–H and O–H groups in total. The van der Waals surface area contributed by atoms with Gasteiger partial charge in [-0.2, -0.15) is 0 Å². The Hall–Kier alpha value is -3.66. The molecule has 9 heteroatoms. The van der Waals surface area contributed by atoms with E-state index in [0.717, 1.165) is 105 Å². The first-order chi connectivity index (χ1) is 19.1. The fourth-order valence-corrected chi connectivity index (χ4v) is 5.48. The van der Waals surface area contributed by atoms with Gasteiger partial charge in [-0.25, -0.2) is 4.98 Å².